The van der Waals surface area contributed by atoms with Crippen molar-refractivity contribution in [2.24, 2.45) is 0 Å². The third kappa shape index (κ3) is 7.27. The molecule has 0 aromatic heterocycles. The number of rotatable bonds is 12. The highest BCUT2D eigenvalue weighted by Crippen LogP contribution is 2.45. The molecule has 0 heterocycles. The van der Waals surface area contributed by atoms with E-state index >= 15 is 0 Å². The summed E-state index contributed by atoms with van der Waals surface area (Å²) in [5, 5.41) is 62.7. The summed E-state index contributed by atoms with van der Waals surface area (Å²) in [5.41, 5.74) is 0. The van der Waals surface area contributed by atoms with Crippen molar-refractivity contribution >= 4 is 19.6 Å². The molecule has 0 saturated heterocycles. The van der Waals surface area contributed by atoms with Crippen LogP contribution in [0.4, 0.5) is 0 Å². The van der Waals surface area contributed by atoms with Gasteiger partial charge < -0.3 is 40.6 Å². The number of carboxylic acids is 1. The number of phosphoric acid groups is 1. The Hall–Kier alpha value is -0.990. The van der Waals surface area contributed by atoms with E-state index in [0.29, 0.717) is 0 Å². The molecule has 0 aromatic rings. The Bertz CT molecular complexity index is 468. The molecule has 0 radical (unpaired) electrons. The number of carbonyl (C=O) groups is 2. The van der Waals surface area contributed by atoms with Crippen molar-refractivity contribution in [1.82, 2.24) is 0 Å². The smallest absolute Gasteiger partial charge is 0.473 e. The molecule has 0 spiro atoms. The molecule has 0 rings (SSSR count). The van der Waals surface area contributed by atoms with Crippen LogP contribution in [0.5, 0.6) is 0 Å². The van der Waals surface area contributed by atoms with Gasteiger partial charge in [0.15, 0.2) is 11.9 Å². The number of aliphatic hydroxyl groups is 6. The number of aliphatic hydroxyl groups excluding tert-OH is 6. The molecular weight excluding hydrogens is 359 g/mol. The lowest BCUT2D eigenvalue weighted by atomic mass is 10.1. The van der Waals surface area contributed by atoms with Crippen LogP contribution >= 0.6 is 7.82 Å². The number of carboxylic acid groups (broad SMARTS) is 1. The van der Waals surface area contributed by atoms with Gasteiger partial charge in [0.05, 0.1) is 13.2 Å². The molecule has 0 aliphatic rings. The maximum absolute atomic E-state index is 11.5. The Morgan fingerprint density at radius 1 is 1.00 bits per heavy atom. The third-order valence-corrected chi connectivity index (χ3v) is 3.58. The molecule has 8 N–H and O–H groups in total. The average molecular weight is 378 g/mol. The molecule has 0 aromatic carbocycles. The largest absolute Gasteiger partial charge is 0.479 e. The zero-order valence-electron chi connectivity index (χ0n) is 12.1. The van der Waals surface area contributed by atoms with Gasteiger partial charge in [0, 0.05) is 0 Å². The Balaban J connectivity index is 4.74. The lowest BCUT2D eigenvalue weighted by Gasteiger charge is -2.22. The first-order chi connectivity index (χ1) is 11.0. The van der Waals surface area contributed by atoms with E-state index < -0.39 is 69.9 Å². The first-order valence-corrected chi connectivity index (χ1v) is 7.81. The zero-order chi connectivity index (χ0) is 19.1. The fourth-order valence-corrected chi connectivity index (χ4v) is 2.16. The van der Waals surface area contributed by atoms with Crippen molar-refractivity contribution in [2.75, 3.05) is 19.8 Å². The van der Waals surface area contributed by atoms with Crippen LogP contribution < -0.4 is 0 Å². The first-order valence-electron chi connectivity index (χ1n) is 6.32. The highest BCUT2D eigenvalue weighted by Gasteiger charge is 2.37. The number of aliphatic carboxylic acids is 1. The van der Waals surface area contributed by atoms with E-state index in [4.69, 9.17) is 25.5 Å². The summed E-state index contributed by atoms with van der Waals surface area (Å²) in [6.45, 7) is -3.42. The van der Waals surface area contributed by atoms with Gasteiger partial charge in [-0.05, 0) is 0 Å². The summed E-state index contributed by atoms with van der Waals surface area (Å²) in [6.07, 6.45) is -10.6. The quantitative estimate of drug-likeness (QED) is 0.150. The molecule has 0 bridgehead atoms. The van der Waals surface area contributed by atoms with Gasteiger partial charge in [-0.3, -0.25) is 13.8 Å². The summed E-state index contributed by atoms with van der Waals surface area (Å²) in [5.74, 6) is -3.29. The van der Waals surface area contributed by atoms with Gasteiger partial charge in [-0.25, -0.2) is 9.36 Å². The maximum atomic E-state index is 11.5. The van der Waals surface area contributed by atoms with Crippen LogP contribution in [-0.4, -0.2) is 103 Å². The van der Waals surface area contributed by atoms with Crippen molar-refractivity contribution < 1.29 is 63.8 Å². The molecule has 0 aliphatic carbocycles. The van der Waals surface area contributed by atoms with Gasteiger partial charge >= 0.3 is 13.8 Å². The normalized spacial score (nSPS) is 20.5. The molecule has 14 heteroatoms. The van der Waals surface area contributed by atoms with Crippen LogP contribution in [0.25, 0.3) is 0 Å². The third-order valence-electron chi connectivity index (χ3n) is 2.63. The highest BCUT2D eigenvalue weighted by atomic mass is 31.2. The van der Waals surface area contributed by atoms with Crippen LogP contribution in [0.1, 0.15) is 0 Å². The van der Waals surface area contributed by atoms with Gasteiger partial charge in [0.1, 0.15) is 31.0 Å². The summed E-state index contributed by atoms with van der Waals surface area (Å²) in [4.78, 5) is 31.5. The Labute approximate surface area is 134 Å². The summed E-state index contributed by atoms with van der Waals surface area (Å²) in [6, 6.07) is 0. The number of ketones is 1. The van der Waals surface area contributed by atoms with Gasteiger partial charge in [0.25, 0.3) is 0 Å². The lowest BCUT2D eigenvalue weighted by Crippen LogP contribution is -2.45. The number of hydrogen-bond acceptors (Lipinski definition) is 11. The lowest BCUT2D eigenvalue weighted by molar-refractivity contribution is -0.153. The molecular formula is C10H19O13P. The molecule has 13 nitrogen and oxygen atoms in total. The Kier molecular flexibility index (Phi) is 9.69. The van der Waals surface area contributed by atoms with Crippen molar-refractivity contribution in [3.8, 4) is 0 Å². The molecule has 0 fully saturated rings. The van der Waals surface area contributed by atoms with Crippen molar-refractivity contribution in [3.63, 3.8) is 0 Å². The van der Waals surface area contributed by atoms with Crippen molar-refractivity contribution in [3.05, 3.63) is 0 Å². The topological polar surface area (TPSA) is 232 Å². The predicted octanol–water partition coefficient (Wildman–Crippen LogP) is -4.43. The van der Waals surface area contributed by atoms with Gasteiger partial charge in [-0.15, -0.1) is 0 Å². The summed E-state index contributed by atoms with van der Waals surface area (Å²) in [7, 11) is -5.20. The molecule has 0 amide bonds. The minimum atomic E-state index is -5.20. The molecule has 2 unspecified atom stereocenters. The average Bonchev–Trinajstić information content (AvgIpc) is 2.54. The number of carbonyl (C=O) groups excluding carboxylic acids is 1. The minimum absolute atomic E-state index is 0.979. The van der Waals surface area contributed by atoms with Gasteiger partial charge in [-0.1, -0.05) is 0 Å². The number of Topliss-reactive ketones (excluding diaryl/α,β-unsaturated/α-hetero) is 1. The van der Waals surface area contributed by atoms with Crippen LogP contribution in [-0.2, 0) is 23.2 Å². The maximum Gasteiger partial charge on any atom is 0.473 e. The van der Waals surface area contributed by atoms with Gasteiger partial charge in [0.2, 0.25) is 0 Å². The fraction of sp³-hybridized carbons (Fsp3) is 0.800. The summed E-state index contributed by atoms with van der Waals surface area (Å²) < 4.78 is 19.7. The zero-order valence-corrected chi connectivity index (χ0v) is 13.0. The van der Waals surface area contributed by atoms with E-state index in [0.717, 1.165) is 0 Å². The second-order valence-electron chi connectivity index (χ2n) is 4.51. The predicted molar refractivity (Wildman–Crippen MR) is 71.5 cm³/mol. The summed E-state index contributed by atoms with van der Waals surface area (Å²) >= 11 is 0. The molecule has 0 saturated carbocycles. The number of hydrogen-bond donors (Lipinski definition) is 8. The van der Waals surface area contributed by atoms with Crippen LogP contribution in [0.3, 0.4) is 0 Å². The molecule has 0 aliphatic heterocycles. The van der Waals surface area contributed by atoms with E-state index in [1.807, 2.05) is 0 Å². The standard InChI is InChI=1S/C10H19O13P/c11-1-4(13)7(16)8(17)6(15)3-22-24(20,21)23-9(10(18)19)5(14)2-12/h4-5,7-9,11-14,16-17H,1-3H2,(H,18,19)(H,20,21)/t4?,5-,7-,8-,9-/m1/s1. The molecule has 24 heavy (non-hydrogen) atoms. The van der Waals surface area contributed by atoms with E-state index in [1.165, 1.54) is 0 Å². The van der Waals surface area contributed by atoms with Crippen molar-refractivity contribution in [2.45, 2.75) is 30.5 Å². The molecule has 6 atom stereocenters. The minimum Gasteiger partial charge on any atom is -0.479 e. The van der Waals surface area contributed by atoms with E-state index in [1.54, 1.807) is 0 Å². The van der Waals surface area contributed by atoms with Crippen molar-refractivity contribution in [1.29, 1.82) is 0 Å². The van der Waals surface area contributed by atoms with Crippen LogP contribution in [0.15, 0.2) is 0 Å². The molecule has 142 valence electrons. The Morgan fingerprint density at radius 2 is 1.50 bits per heavy atom. The second kappa shape index (κ2) is 10.1. The first kappa shape index (κ1) is 23.0. The van der Waals surface area contributed by atoms with Gasteiger partial charge in [-0.2, -0.15) is 0 Å². The Morgan fingerprint density at radius 3 is 1.92 bits per heavy atom. The highest BCUT2D eigenvalue weighted by molar-refractivity contribution is 7.47. The monoisotopic (exact) mass is 378 g/mol. The second-order valence-corrected chi connectivity index (χ2v) is 5.91. The van der Waals surface area contributed by atoms with E-state index in [-0.39, 0.29) is 0 Å². The van der Waals surface area contributed by atoms with E-state index in [9.17, 15) is 29.3 Å². The SMILES string of the molecule is O=C(COP(=O)(O)O[C@@H](C(=O)O)[C@H](O)CO)[C@@H](O)[C@H](O)C(O)CO. The van der Waals surface area contributed by atoms with Crippen LogP contribution in [0.2, 0.25) is 0 Å². The van der Waals surface area contributed by atoms with E-state index in [2.05, 4.69) is 9.05 Å². The number of phosphoric ester groups is 1. The fourth-order valence-electron chi connectivity index (χ4n) is 1.29. The van der Waals surface area contributed by atoms with Crippen LogP contribution in [0, 0.1) is 0 Å².